The van der Waals surface area contributed by atoms with E-state index in [4.69, 9.17) is 5.73 Å². The molecule has 0 aromatic heterocycles. The van der Waals surface area contributed by atoms with Crippen molar-refractivity contribution in [2.24, 2.45) is 11.1 Å². The summed E-state index contributed by atoms with van der Waals surface area (Å²) in [4.78, 5) is 11.8. The van der Waals surface area contributed by atoms with Crippen LogP contribution in [-0.4, -0.2) is 12.5 Å². The lowest BCUT2D eigenvalue weighted by atomic mass is 9.92. The Balaban J connectivity index is 2.89. The Bertz CT molecular complexity index is 402. The molecule has 0 spiro atoms. The fourth-order valence-electron chi connectivity index (χ4n) is 1.11. The van der Waals surface area contributed by atoms with Gasteiger partial charge in [-0.25, -0.2) is 4.39 Å². The molecule has 0 saturated carbocycles. The van der Waals surface area contributed by atoms with Crippen molar-refractivity contribution in [3.05, 3.63) is 29.6 Å². The average molecular weight is 224 g/mol. The number of amides is 1. The minimum absolute atomic E-state index is 0.205. The first-order valence-corrected chi connectivity index (χ1v) is 5.14. The number of nitrogens with two attached hydrogens (primary N) is 1. The summed E-state index contributed by atoms with van der Waals surface area (Å²) in [6.07, 6.45) is 0. The van der Waals surface area contributed by atoms with Crippen LogP contribution in [0.5, 0.6) is 0 Å². The van der Waals surface area contributed by atoms with Crippen LogP contribution in [-0.2, 0) is 4.79 Å². The van der Waals surface area contributed by atoms with Gasteiger partial charge in [-0.05, 0) is 38.5 Å². The second-order valence-electron chi connectivity index (χ2n) is 4.50. The van der Waals surface area contributed by atoms with E-state index in [2.05, 4.69) is 5.32 Å². The first-order valence-electron chi connectivity index (χ1n) is 5.14. The van der Waals surface area contributed by atoms with Crippen molar-refractivity contribution in [1.29, 1.82) is 0 Å². The molecule has 0 aliphatic carbocycles. The maximum Gasteiger partial charge on any atom is 0.231 e. The second kappa shape index (κ2) is 4.61. The van der Waals surface area contributed by atoms with Crippen LogP contribution in [0.1, 0.15) is 19.4 Å². The molecule has 4 heteroatoms. The van der Waals surface area contributed by atoms with Gasteiger partial charge in [0.05, 0.1) is 5.41 Å². The van der Waals surface area contributed by atoms with E-state index in [1.54, 1.807) is 19.9 Å². The summed E-state index contributed by atoms with van der Waals surface area (Å²) in [6.45, 7) is 5.55. The summed E-state index contributed by atoms with van der Waals surface area (Å²) in [5.74, 6) is -0.574. The van der Waals surface area contributed by atoms with Gasteiger partial charge in [0, 0.05) is 12.2 Å². The largest absolute Gasteiger partial charge is 0.329 e. The normalized spacial score (nSPS) is 11.3. The standard InChI is InChI=1S/C12H17FN2O/c1-8-4-5-9(13)6-10(8)15-11(16)12(2,3)7-14/h4-6H,7,14H2,1-3H3,(H,15,16). The van der Waals surface area contributed by atoms with Crippen LogP contribution in [0.2, 0.25) is 0 Å². The minimum atomic E-state index is -0.654. The van der Waals surface area contributed by atoms with Crippen molar-refractivity contribution in [1.82, 2.24) is 0 Å². The number of hydrogen-bond donors (Lipinski definition) is 2. The molecule has 0 aliphatic rings. The number of benzene rings is 1. The van der Waals surface area contributed by atoms with Gasteiger partial charge < -0.3 is 11.1 Å². The molecule has 0 atom stereocenters. The van der Waals surface area contributed by atoms with Crippen molar-refractivity contribution in [3.63, 3.8) is 0 Å². The van der Waals surface area contributed by atoms with Crippen molar-refractivity contribution in [2.75, 3.05) is 11.9 Å². The van der Waals surface area contributed by atoms with Gasteiger partial charge in [0.2, 0.25) is 5.91 Å². The van der Waals surface area contributed by atoms with Gasteiger partial charge in [0.15, 0.2) is 0 Å². The topological polar surface area (TPSA) is 55.1 Å². The highest BCUT2D eigenvalue weighted by Gasteiger charge is 2.26. The molecule has 0 heterocycles. The van der Waals surface area contributed by atoms with Crippen LogP contribution < -0.4 is 11.1 Å². The Morgan fingerprint density at radius 2 is 2.12 bits per heavy atom. The molecule has 1 amide bonds. The lowest BCUT2D eigenvalue weighted by molar-refractivity contribution is -0.123. The molecule has 0 fully saturated rings. The van der Waals surface area contributed by atoms with E-state index in [1.807, 2.05) is 6.92 Å². The van der Waals surface area contributed by atoms with E-state index in [0.29, 0.717) is 5.69 Å². The van der Waals surface area contributed by atoms with E-state index in [-0.39, 0.29) is 18.3 Å². The molecule has 3 N–H and O–H groups in total. The van der Waals surface area contributed by atoms with Crippen LogP contribution in [0.15, 0.2) is 18.2 Å². The lowest BCUT2D eigenvalue weighted by Gasteiger charge is -2.21. The number of rotatable bonds is 3. The highest BCUT2D eigenvalue weighted by Crippen LogP contribution is 2.20. The summed E-state index contributed by atoms with van der Waals surface area (Å²) < 4.78 is 13.0. The highest BCUT2D eigenvalue weighted by atomic mass is 19.1. The Kier molecular flexibility index (Phi) is 3.65. The van der Waals surface area contributed by atoms with E-state index < -0.39 is 5.41 Å². The third-order valence-electron chi connectivity index (χ3n) is 2.57. The van der Waals surface area contributed by atoms with E-state index in [9.17, 15) is 9.18 Å². The molecule has 0 radical (unpaired) electrons. The molecule has 0 unspecified atom stereocenters. The van der Waals surface area contributed by atoms with Crippen molar-refractivity contribution in [2.45, 2.75) is 20.8 Å². The molecule has 16 heavy (non-hydrogen) atoms. The number of aryl methyl sites for hydroxylation is 1. The SMILES string of the molecule is Cc1ccc(F)cc1NC(=O)C(C)(C)CN. The summed E-state index contributed by atoms with van der Waals surface area (Å²) >= 11 is 0. The van der Waals surface area contributed by atoms with Gasteiger partial charge >= 0.3 is 0 Å². The van der Waals surface area contributed by atoms with Gasteiger partial charge in [-0.2, -0.15) is 0 Å². The van der Waals surface area contributed by atoms with E-state index in [1.165, 1.54) is 12.1 Å². The molecule has 1 rings (SSSR count). The number of carbonyl (C=O) groups is 1. The molecule has 0 saturated heterocycles. The van der Waals surface area contributed by atoms with Gasteiger partial charge in [-0.1, -0.05) is 6.07 Å². The van der Waals surface area contributed by atoms with Crippen LogP contribution in [0.3, 0.4) is 0 Å². The average Bonchev–Trinajstić information content (AvgIpc) is 2.23. The minimum Gasteiger partial charge on any atom is -0.329 e. The van der Waals surface area contributed by atoms with Gasteiger partial charge in [0.1, 0.15) is 5.82 Å². The quantitative estimate of drug-likeness (QED) is 0.825. The number of carbonyl (C=O) groups excluding carboxylic acids is 1. The molecular weight excluding hydrogens is 207 g/mol. The Morgan fingerprint density at radius 3 is 2.69 bits per heavy atom. The number of hydrogen-bond acceptors (Lipinski definition) is 2. The highest BCUT2D eigenvalue weighted by molar-refractivity contribution is 5.95. The third kappa shape index (κ3) is 2.79. The number of halogens is 1. The Morgan fingerprint density at radius 1 is 1.50 bits per heavy atom. The Labute approximate surface area is 94.8 Å². The predicted molar refractivity (Wildman–Crippen MR) is 62.6 cm³/mol. The van der Waals surface area contributed by atoms with Crippen LogP contribution in [0.4, 0.5) is 10.1 Å². The summed E-state index contributed by atoms with van der Waals surface area (Å²) in [6, 6.07) is 4.29. The maximum absolute atomic E-state index is 13.0. The molecular formula is C12H17FN2O. The van der Waals surface area contributed by atoms with Gasteiger partial charge in [-0.3, -0.25) is 4.79 Å². The molecule has 1 aromatic rings. The summed E-state index contributed by atoms with van der Waals surface area (Å²) in [7, 11) is 0. The first-order chi connectivity index (χ1) is 7.36. The fraction of sp³-hybridized carbons (Fsp3) is 0.417. The first kappa shape index (κ1) is 12.6. The van der Waals surface area contributed by atoms with E-state index >= 15 is 0 Å². The molecule has 0 bridgehead atoms. The zero-order chi connectivity index (χ0) is 12.3. The maximum atomic E-state index is 13.0. The zero-order valence-corrected chi connectivity index (χ0v) is 9.80. The van der Waals surface area contributed by atoms with Crippen molar-refractivity contribution >= 4 is 11.6 Å². The monoisotopic (exact) mass is 224 g/mol. The number of nitrogens with one attached hydrogen (secondary N) is 1. The number of anilines is 1. The van der Waals surface area contributed by atoms with Crippen molar-refractivity contribution in [3.8, 4) is 0 Å². The van der Waals surface area contributed by atoms with E-state index in [0.717, 1.165) is 5.56 Å². The van der Waals surface area contributed by atoms with Gasteiger partial charge in [-0.15, -0.1) is 0 Å². The predicted octanol–water partition coefficient (Wildman–Crippen LogP) is 2.06. The molecule has 88 valence electrons. The molecule has 1 aromatic carbocycles. The zero-order valence-electron chi connectivity index (χ0n) is 9.80. The third-order valence-corrected chi connectivity index (χ3v) is 2.57. The summed E-state index contributed by atoms with van der Waals surface area (Å²) in [5, 5.41) is 2.68. The van der Waals surface area contributed by atoms with Gasteiger partial charge in [0.25, 0.3) is 0 Å². The molecule has 3 nitrogen and oxygen atoms in total. The molecule has 0 aliphatic heterocycles. The lowest BCUT2D eigenvalue weighted by Crippen LogP contribution is -2.37. The smallest absolute Gasteiger partial charge is 0.231 e. The fourth-order valence-corrected chi connectivity index (χ4v) is 1.11. The Hall–Kier alpha value is -1.42. The van der Waals surface area contributed by atoms with Crippen LogP contribution >= 0.6 is 0 Å². The van der Waals surface area contributed by atoms with Crippen molar-refractivity contribution < 1.29 is 9.18 Å². The summed E-state index contributed by atoms with van der Waals surface area (Å²) in [5.41, 5.74) is 6.15. The second-order valence-corrected chi connectivity index (χ2v) is 4.50. The van der Waals surface area contributed by atoms with Crippen LogP contribution in [0, 0.1) is 18.2 Å². The van der Waals surface area contributed by atoms with Crippen LogP contribution in [0.25, 0.3) is 0 Å².